The van der Waals surface area contributed by atoms with Crippen molar-refractivity contribution in [3.05, 3.63) is 150 Å². The van der Waals surface area contributed by atoms with Crippen LogP contribution in [0.2, 0.25) is 0 Å². The van der Waals surface area contributed by atoms with Crippen LogP contribution in [0.3, 0.4) is 0 Å². The van der Waals surface area contributed by atoms with Crippen LogP contribution in [0.1, 0.15) is 59.6 Å². The van der Waals surface area contributed by atoms with Gasteiger partial charge in [0.1, 0.15) is 5.75 Å². The number of carbonyl (C=O) groups excluding carboxylic acids is 1. The van der Waals surface area contributed by atoms with Crippen LogP contribution in [0.5, 0.6) is 5.75 Å². The molecule has 0 spiro atoms. The predicted octanol–water partition coefficient (Wildman–Crippen LogP) is 5.81. The van der Waals surface area contributed by atoms with Crippen LogP contribution in [-0.4, -0.2) is 59.9 Å². The molecular formula is C40H45N7O4. The van der Waals surface area contributed by atoms with Crippen LogP contribution in [0.4, 0.5) is 0 Å². The van der Waals surface area contributed by atoms with Gasteiger partial charge in [-0.15, -0.1) is 0 Å². The first kappa shape index (κ1) is 36.8. The molecule has 0 saturated carbocycles. The second-order valence-electron chi connectivity index (χ2n) is 12.4. The Morgan fingerprint density at radius 3 is 1.43 bits per heavy atom. The van der Waals surface area contributed by atoms with E-state index in [1.54, 1.807) is 0 Å². The van der Waals surface area contributed by atoms with Crippen molar-refractivity contribution in [3.63, 3.8) is 0 Å². The molecule has 1 amide bonds. The van der Waals surface area contributed by atoms with Crippen molar-refractivity contribution in [1.82, 2.24) is 35.1 Å². The normalized spacial score (nSPS) is 11.1. The van der Waals surface area contributed by atoms with E-state index >= 15 is 0 Å². The molecule has 4 aromatic heterocycles. The molecule has 0 bridgehead atoms. The highest BCUT2D eigenvalue weighted by Crippen LogP contribution is 2.23. The summed E-state index contributed by atoms with van der Waals surface area (Å²) in [6.07, 6.45) is 8.54. The Bertz CT molecular complexity index is 1570. The predicted molar refractivity (Wildman–Crippen MR) is 194 cm³/mol. The van der Waals surface area contributed by atoms with Crippen molar-refractivity contribution in [1.29, 1.82) is 0 Å². The number of carbonyl (C=O) groups is 2. The van der Waals surface area contributed by atoms with E-state index in [-0.39, 0.29) is 18.7 Å². The molecule has 4 heterocycles. The molecule has 11 nitrogen and oxygen atoms in total. The summed E-state index contributed by atoms with van der Waals surface area (Å²) >= 11 is 0. The van der Waals surface area contributed by atoms with Crippen molar-refractivity contribution < 1.29 is 19.4 Å². The molecule has 0 aliphatic carbocycles. The monoisotopic (exact) mass is 687 g/mol. The fourth-order valence-corrected chi connectivity index (χ4v) is 5.68. The minimum atomic E-state index is -0.978. The number of nitrogens with one attached hydrogen (secondary N) is 1. The molecule has 0 fully saturated rings. The minimum Gasteiger partial charge on any atom is -0.494 e. The largest absolute Gasteiger partial charge is 0.494 e. The summed E-state index contributed by atoms with van der Waals surface area (Å²) in [5.74, 6) is -0.454. The Morgan fingerprint density at radius 2 is 1.04 bits per heavy atom. The molecule has 264 valence electrons. The molecule has 0 aliphatic rings. The van der Waals surface area contributed by atoms with E-state index in [2.05, 4.69) is 53.3 Å². The number of nitrogens with zero attached hydrogens (tertiary/aromatic N) is 6. The van der Waals surface area contributed by atoms with Gasteiger partial charge in [-0.1, -0.05) is 30.3 Å². The zero-order chi connectivity index (χ0) is 35.5. The topological polar surface area (TPSA) is 134 Å². The summed E-state index contributed by atoms with van der Waals surface area (Å²) in [6, 6.07) is 30.3. The van der Waals surface area contributed by atoms with Crippen LogP contribution < -0.4 is 10.1 Å². The van der Waals surface area contributed by atoms with Crippen LogP contribution in [-0.2, 0) is 48.9 Å². The second-order valence-corrected chi connectivity index (χ2v) is 12.4. The summed E-state index contributed by atoms with van der Waals surface area (Å²) < 4.78 is 6.33. The van der Waals surface area contributed by atoms with Gasteiger partial charge in [-0.3, -0.25) is 39.3 Å². The molecule has 0 unspecified atom stereocenters. The van der Waals surface area contributed by atoms with Crippen molar-refractivity contribution >= 4 is 11.9 Å². The molecule has 5 aromatic rings. The third-order valence-electron chi connectivity index (χ3n) is 8.01. The Morgan fingerprint density at radius 1 is 0.588 bits per heavy atom. The average Bonchev–Trinajstić information content (AvgIpc) is 3.14. The van der Waals surface area contributed by atoms with Crippen molar-refractivity contribution in [2.45, 2.75) is 65.0 Å². The maximum Gasteiger partial charge on any atom is 0.303 e. The van der Waals surface area contributed by atoms with Gasteiger partial charge in [0.25, 0.3) is 0 Å². The third-order valence-corrected chi connectivity index (χ3v) is 8.01. The average molecular weight is 688 g/mol. The lowest BCUT2D eigenvalue weighted by atomic mass is 10.1. The quantitative estimate of drug-likeness (QED) is 0.0911. The number of aromatic nitrogens is 4. The zero-order valence-electron chi connectivity index (χ0n) is 28.8. The van der Waals surface area contributed by atoms with Gasteiger partial charge < -0.3 is 15.2 Å². The number of hydrogen-bond acceptors (Lipinski definition) is 9. The van der Waals surface area contributed by atoms with E-state index in [1.807, 2.05) is 97.6 Å². The first-order valence-corrected chi connectivity index (χ1v) is 17.3. The van der Waals surface area contributed by atoms with E-state index < -0.39 is 5.97 Å². The Hall–Kier alpha value is -5.52. The first-order chi connectivity index (χ1) is 25.0. The van der Waals surface area contributed by atoms with E-state index in [9.17, 15) is 9.59 Å². The number of ether oxygens (including phenoxy) is 1. The Kier molecular flexibility index (Phi) is 14.6. The van der Waals surface area contributed by atoms with Gasteiger partial charge in [-0.05, 0) is 84.6 Å². The van der Waals surface area contributed by atoms with Gasteiger partial charge in [0.15, 0.2) is 0 Å². The summed E-state index contributed by atoms with van der Waals surface area (Å²) in [5, 5.41) is 11.6. The highest BCUT2D eigenvalue weighted by molar-refractivity contribution is 5.80. The summed E-state index contributed by atoms with van der Waals surface area (Å²) in [7, 11) is 0. The first-order valence-electron chi connectivity index (χ1n) is 17.3. The third kappa shape index (κ3) is 13.7. The summed E-state index contributed by atoms with van der Waals surface area (Å²) in [4.78, 5) is 45.7. The number of carboxylic acid groups (broad SMARTS) is 1. The summed E-state index contributed by atoms with van der Waals surface area (Å²) in [6.45, 7) is 4.87. The lowest BCUT2D eigenvalue weighted by Crippen LogP contribution is -2.25. The van der Waals surface area contributed by atoms with Crippen LogP contribution in [0.15, 0.2) is 116 Å². The Balaban J connectivity index is 1.34. The van der Waals surface area contributed by atoms with Crippen molar-refractivity contribution in [2.24, 2.45) is 0 Å². The van der Waals surface area contributed by atoms with Crippen LogP contribution in [0, 0.1) is 0 Å². The summed E-state index contributed by atoms with van der Waals surface area (Å²) in [5.41, 5.74) is 6.13. The van der Waals surface area contributed by atoms with Gasteiger partial charge in [-0.25, -0.2) is 0 Å². The SMILES string of the molecule is O=C(O)CCC(=O)NCCCCOc1cc(CN(Cc2ccccn2)Cc2ccccn2)cc(CN(Cc2ccccn2)Cc2ccccn2)c1. The molecule has 11 heteroatoms. The smallest absolute Gasteiger partial charge is 0.303 e. The number of benzene rings is 1. The number of aliphatic carboxylic acids is 1. The Labute approximate surface area is 299 Å². The molecule has 0 atom stereocenters. The maximum atomic E-state index is 11.9. The maximum absolute atomic E-state index is 11.9. The molecule has 0 aliphatic heterocycles. The van der Waals surface area contributed by atoms with Gasteiger partial charge in [0.05, 0.1) is 35.8 Å². The fourth-order valence-electron chi connectivity index (χ4n) is 5.68. The molecule has 5 rings (SSSR count). The van der Waals surface area contributed by atoms with Crippen molar-refractivity contribution in [2.75, 3.05) is 13.2 Å². The van der Waals surface area contributed by atoms with Crippen LogP contribution >= 0.6 is 0 Å². The number of pyridine rings is 4. The second kappa shape index (κ2) is 20.2. The van der Waals surface area contributed by atoms with Gasteiger partial charge in [0.2, 0.25) is 5.91 Å². The lowest BCUT2D eigenvalue weighted by molar-refractivity contribution is -0.138. The number of carboxylic acids is 1. The van der Waals surface area contributed by atoms with Gasteiger partial charge in [-0.2, -0.15) is 0 Å². The molecule has 0 radical (unpaired) electrons. The molecule has 1 aromatic carbocycles. The van der Waals surface area contributed by atoms with Gasteiger partial charge in [0, 0.05) is 77.0 Å². The van der Waals surface area contributed by atoms with E-state index in [0.717, 1.165) is 52.5 Å². The molecular weight excluding hydrogens is 642 g/mol. The molecule has 0 saturated heterocycles. The number of amides is 1. The standard InChI is InChI=1S/C40H45N7O4/c48-39(15-16-40(49)50)45-21-9-10-22-51-38-24-32(26-46(28-34-11-1-5-17-41-34)29-35-12-2-6-18-42-35)23-33(25-38)27-47(30-36-13-3-7-19-43-36)31-37-14-4-8-20-44-37/h1-8,11-14,17-20,23-25H,9-10,15-16,21-22,26-31H2,(H,45,48)(H,49,50). The number of hydrogen-bond donors (Lipinski definition) is 2. The minimum absolute atomic E-state index is 0.0171. The van der Waals surface area contributed by atoms with Gasteiger partial charge >= 0.3 is 5.97 Å². The van der Waals surface area contributed by atoms with E-state index in [1.165, 1.54) is 0 Å². The van der Waals surface area contributed by atoms with E-state index in [0.29, 0.717) is 52.4 Å². The van der Waals surface area contributed by atoms with Crippen LogP contribution in [0.25, 0.3) is 0 Å². The zero-order valence-corrected chi connectivity index (χ0v) is 28.8. The molecule has 2 N–H and O–H groups in total. The van der Waals surface area contributed by atoms with Crippen molar-refractivity contribution in [3.8, 4) is 5.75 Å². The highest BCUT2D eigenvalue weighted by atomic mass is 16.5. The molecule has 51 heavy (non-hydrogen) atoms. The fraction of sp³-hybridized carbons (Fsp3) is 0.300. The number of unbranched alkanes of at least 4 members (excludes halogenated alkanes) is 1. The lowest BCUT2D eigenvalue weighted by Gasteiger charge is -2.25. The number of rotatable bonds is 21. The van der Waals surface area contributed by atoms with E-state index in [4.69, 9.17) is 9.84 Å². The highest BCUT2D eigenvalue weighted by Gasteiger charge is 2.15.